The molecule has 0 bridgehead atoms. The number of para-hydroxylation sites is 2. The van der Waals surface area contributed by atoms with E-state index < -0.39 is 23.8 Å². The Balaban J connectivity index is 1.40. The molecule has 0 saturated heterocycles. The van der Waals surface area contributed by atoms with E-state index in [2.05, 4.69) is 16.0 Å². The molecule has 4 amide bonds. The van der Waals surface area contributed by atoms with Crippen LogP contribution in [0.15, 0.2) is 103 Å². The Kier molecular flexibility index (Phi) is 9.87. The molecule has 3 N–H and O–H groups in total. The SMILES string of the molecule is CCOC(=O)c1ccc(NC(=O)NCCN(C(=O)Nc2ccccc2F)c2ccc(Oc3ccccc3)cc2)cc1. The van der Waals surface area contributed by atoms with Crippen molar-refractivity contribution in [3.05, 3.63) is 115 Å². The van der Waals surface area contributed by atoms with Crippen LogP contribution in [0.3, 0.4) is 0 Å². The summed E-state index contributed by atoms with van der Waals surface area (Å²) in [5, 5.41) is 7.95. The Labute approximate surface area is 236 Å². The normalized spacial score (nSPS) is 10.3. The Hall–Kier alpha value is -5.38. The zero-order valence-electron chi connectivity index (χ0n) is 22.3. The van der Waals surface area contributed by atoms with Gasteiger partial charge in [0.15, 0.2) is 0 Å². The van der Waals surface area contributed by atoms with Gasteiger partial charge in [-0.15, -0.1) is 0 Å². The van der Waals surface area contributed by atoms with Crippen LogP contribution in [0.1, 0.15) is 17.3 Å². The summed E-state index contributed by atoms with van der Waals surface area (Å²) in [5.74, 6) is 0.219. The number of carbonyl (C=O) groups excluding carboxylic acids is 3. The lowest BCUT2D eigenvalue weighted by molar-refractivity contribution is 0.0526. The third-order valence-corrected chi connectivity index (χ3v) is 5.76. The second-order valence-electron chi connectivity index (χ2n) is 8.65. The van der Waals surface area contributed by atoms with Gasteiger partial charge >= 0.3 is 18.0 Å². The van der Waals surface area contributed by atoms with Crippen molar-refractivity contribution in [2.24, 2.45) is 0 Å². The fourth-order valence-electron chi connectivity index (χ4n) is 3.77. The fraction of sp³-hybridized carbons (Fsp3) is 0.129. The summed E-state index contributed by atoms with van der Waals surface area (Å²) in [7, 11) is 0. The molecule has 0 aliphatic heterocycles. The van der Waals surface area contributed by atoms with Crippen LogP contribution in [0.25, 0.3) is 0 Å². The average Bonchev–Trinajstić information content (AvgIpc) is 2.98. The number of carbonyl (C=O) groups is 3. The lowest BCUT2D eigenvalue weighted by Crippen LogP contribution is -2.42. The number of benzene rings is 4. The van der Waals surface area contributed by atoms with Gasteiger partial charge in [-0.2, -0.15) is 0 Å². The van der Waals surface area contributed by atoms with E-state index in [1.807, 2.05) is 30.3 Å². The number of nitrogens with one attached hydrogen (secondary N) is 3. The Morgan fingerprint density at radius 2 is 1.44 bits per heavy atom. The van der Waals surface area contributed by atoms with Crippen molar-refractivity contribution in [3.8, 4) is 11.5 Å². The van der Waals surface area contributed by atoms with E-state index in [0.717, 1.165) is 0 Å². The van der Waals surface area contributed by atoms with Gasteiger partial charge in [-0.25, -0.2) is 18.8 Å². The second-order valence-corrected chi connectivity index (χ2v) is 8.65. The van der Waals surface area contributed by atoms with Crippen molar-refractivity contribution in [3.63, 3.8) is 0 Å². The molecule has 0 aliphatic carbocycles. The number of amides is 4. The molecule has 10 heteroatoms. The highest BCUT2D eigenvalue weighted by Crippen LogP contribution is 2.25. The molecule has 0 spiro atoms. The Morgan fingerprint density at radius 1 is 0.780 bits per heavy atom. The molecular formula is C31H29FN4O5. The van der Waals surface area contributed by atoms with Gasteiger partial charge in [-0.1, -0.05) is 30.3 Å². The average molecular weight is 557 g/mol. The summed E-state index contributed by atoms with van der Waals surface area (Å²) < 4.78 is 25.0. The number of anilines is 3. The van der Waals surface area contributed by atoms with Crippen LogP contribution < -0.4 is 25.6 Å². The van der Waals surface area contributed by atoms with Crippen LogP contribution >= 0.6 is 0 Å². The highest BCUT2D eigenvalue weighted by atomic mass is 19.1. The van der Waals surface area contributed by atoms with E-state index in [1.54, 1.807) is 61.5 Å². The highest BCUT2D eigenvalue weighted by Gasteiger charge is 2.18. The van der Waals surface area contributed by atoms with Gasteiger partial charge in [0.1, 0.15) is 17.3 Å². The van der Waals surface area contributed by atoms with E-state index in [0.29, 0.717) is 28.4 Å². The van der Waals surface area contributed by atoms with Crippen molar-refractivity contribution < 1.29 is 28.2 Å². The molecule has 4 aromatic carbocycles. The fourth-order valence-corrected chi connectivity index (χ4v) is 3.77. The molecule has 0 aromatic heterocycles. The first-order valence-electron chi connectivity index (χ1n) is 12.9. The predicted molar refractivity (Wildman–Crippen MR) is 155 cm³/mol. The van der Waals surface area contributed by atoms with E-state index in [9.17, 15) is 18.8 Å². The molecule has 0 fully saturated rings. The maximum absolute atomic E-state index is 14.2. The van der Waals surface area contributed by atoms with Gasteiger partial charge in [-0.05, 0) is 79.7 Å². The standard InChI is InChI=1S/C31H29FN4O5/c1-2-40-29(37)22-12-14-23(15-13-22)34-30(38)33-20-21-36(31(39)35-28-11-7-6-10-27(28)32)24-16-18-26(19-17-24)41-25-8-4-3-5-9-25/h3-19H,2,20-21H2,1H3,(H,35,39)(H2,33,34,38). The minimum Gasteiger partial charge on any atom is -0.462 e. The van der Waals surface area contributed by atoms with Crippen LogP contribution in [0.2, 0.25) is 0 Å². The highest BCUT2D eigenvalue weighted by molar-refractivity contribution is 6.02. The number of nitrogens with zero attached hydrogens (tertiary/aromatic N) is 1. The molecule has 4 rings (SSSR count). The lowest BCUT2D eigenvalue weighted by atomic mass is 10.2. The first-order chi connectivity index (χ1) is 19.9. The van der Waals surface area contributed by atoms with Crippen LogP contribution in [0.5, 0.6) is 11.5 Å². The zero-order chi connectivity index (χ0) is 29.0. The molecule has 0 saturated carbocycles. The summed E-state index contributed by atoms with van der Waals surface area (Å²) >= 11 is 0. The summed E-state index contributed by atoms with van der Waals surface area (Å²) in [4.78, 5) is 38.9. The number of esters is 1. The number of hydrogen-bond acceptors (Lipinski definition) is 5. The second kappa shape index (κ2) is 14.1. The van der Waals surface area contributed by atoms with Gasteiger partial charge in [-0.3, -0.25) is 4.90 Å². The molecule has 0 radical (unpaired) electrons. The molecule has 0 unspecified atom stereocenters. The molecule has 0 aliphatic rings. The third-order valence-electron chi connectivity index (χ3n) is 5.76. The van der Waals surface area contributed by atoms with Crippen molar-refractivity contribution in [2.45, 2.75) is 6.92 Å². The van der Waals surface area contributed by atoms with Crippen LogP contribution in [-0.2, 0) is 4.74 Å². The quantitative estimate of drug-likeness (QED) is 0.189. The Bertz CT molecular complexity index is 1460. The summed E-state index contributed by atoms with van der Waals surface area (Å²) in [6.07, 6.45) is 0. The molecule has 9 nitrogen and oxygen atoms in total. The zero-order valence-corrected chi connectivity index (χ0v) is 22.3. The van der Waals surface area contributed by atoms with E-state index in [4.69, 9.17) is 9.47 Å². The molecular weight excluding hydrogens is 527 g/mol. The monoisotopic (exact) mass is 556 g/mol. The van der Waals surface area contributed by atoms with Gasteiger partial charge in [0.2, 0.25) is 0 Å². The Morgan fingerprint density at radius 3 is 2.12 bits per heavy atom. The van der Waals surface area contributed by atoms with Gasteiger partial charge in [0.05, 0.1) is 17.9 Å². The first kappa shape index (κ1) is 28.6. The lowest BCUT2D eigenvalue weighted by Gasteiger charge is -2.24. The van der Waals surface area contributed by atoms with Crippen LogP contribution in [-0.4, -0.2) is 37.7 Å². The first-order valence-corrected chi connectivity index (χ1v) is 12.9. The molecule has 210 valence electrons. The third kappa shape index (κ3) is 8.30. The minimum atomic E-state index is -0.580. The maximum atomic E-state index is 14.2. The van der Waals surface area contributed by atoms with Gasteiger partial charge in [0.25, 0.3) is 0 Å². The van der Waals surface area contributed by atoms with Crippen molar-refractivity contribution in [1.29, 1.82) is 0 Å². The summed E-state index contributed by atoms with van der Waals surface area (Å²) in [6.45, 7) is 2.15. The number of urea groups is 2. The molecule has 4 aromatic rings. The van der Waals surface area contributed by atoms with Gasteiger partial charge in [0, 0.05) is 24.5 Å². The maximum Gasteiger partial charge on any atom is 0.338 e. The largest absolute Gasteiger partial charge is 0.462 e. The van der Waals surface area contributed by atoms with E-state index in [1.165, 1.54) is 23.1 Å². The van der Waals surface area contributed by atoms with Crippen LogP contribution in [0, 0.1) is 5.82 Å². The number of hydrogen-bond donors (Lipinski definition) is 3. The molecule has 41 heavy (non-hydrogen) atoms. The number of ether oxygens (including phenoxy) is 2. The smallest absolute Gasteiger partial charge is 0.338 e. The van der Waals surface area contributed by atoms with E-state index >= 15 is 0 Å². The molecule has 0 atom stereocenters. The van der Waals surface area contributed by atoms with Crippen LogP contribution in [0.4, 0.5) is 31.0 Å². The van der Waals surface area contributed by atoms with Gasteiger partial charge < -0.3 is 25.4 Å². The predicted octanol–water partition coefficient (Wildman–Crippen LogP) is 6.65. The van der Waals surface area contributed by atoms with Crippen molar-refractivity contribution in [1.82, 2.24) is 5.32 Å². The topological polar surface area (TPSA) is 109 Å². The number of halogens is 1. The van der Waals surface area contributed by atoms with E-state index in [-0.39, 0.29) is 25.4 Å². The number of rotatable bonds is 10. The summed E-state index contributed by atoms with van der Waals surface area (Å²) in [5.41, 5.74) is 1.38. The minimum absolute atomic E-state index is 0.0310. The van der Waals surface area contributed by atoms with Crippen molar-refractivity contribution in [2.75, 3.05) is 35.2 Å². The van der Waals surface area contributed by atoms with Crippen molar-refractivity contribution >= 4 is 35.1 Å². The molecule has 0 heterocycles. The summed E-state index contributed by atoms with van der Waals surface area (Å²) in [6, 6.07) is 27.1.